The predicted octanol–water partition coefficient (Wildman–Crippen LogP) is 3.15. The zero-order chi connectivity index (χ0) is 11.8. The minimum absolute atomic E-state index is 0.403. The molecule has 2 nitrogen and oxygen atoms in total. The Kier molecular flexibility index (Phi) is 2.50. The third-order valence-corrected chi connectivity index (χ3v) is 3.82. The van der Waals surface area contributed by atoms with Gasteiger partial charge in [-0.3, -0.25) is 4.79 Å². The number of hydrogen-bond donors (Lipinski definition) is 0. The first-order valence-electron chi connectivity index (χ1n) is 6.18. The van der Waals surface area contributed by atoms with E-state index in [1.54, 1.807) is 7.11 Å². The highest BCUT2D eigenvalue weighted by molar-refractivity contribution is 5.90. The van der Waals surface area contributed by atoms with E-state index in [1.807, 2.05) is 6.07 Å². The fourth-order valence-electron chi connectivity index (χ4n) is 2.92. The molecule has 3 rings (SSSR count). The van der Waals surface area contributed by atoms with E-state index in [1.165, 1.54) is 22.3 Å². The van der Waals surface area contributed by atoms with Crippen molar-refractivity contribution in [3.63, 3.8) is 0 Å². The first-order valence-corrected chi connectivity index (χ1v) is 6.18. The number of hydrogen-bond acceptors (Lipinski definition) is 2. The van der Waals surface area contributed by atoms with Gasteiger partial charge in [-0.2, -0.15) is 0 Å². The van der Waals surface area contributed by atoms with E-state index < -0.39 is 0 Å². The minimum atomic E-state index is 0.403. The molecule has 1 aromatic carbocycles. The Hall–Kier alpha value is -1.57. The number of ether oxygens (including phenoxy) is 1. The van der Waals surface area contributed by atoms with Gasteiger partial charge < -0.3 is 4.74 Å². The van der Waals surface area contributed by atoms with Gasteiger partial charge in [-0.05, 0) is 48.1 Å². The summed E-state index contributed by atoms with van der Waals surface area (Å²) >= 11 is 0. The summed E-state index contributed by atoms with van der Waals surface area (Å²) in [5, 5.41) is 0. The molecule has 0 atom stereocenters. The molecule has 0 aliphatic heterocycles. The Balaban J connectivity index is 2.06. The van der Waals surface area contributed by atoms with E-state index >= 15 is 0 Å². The van der Waals surface area contributed by atoms with Gasteiger partial charge >= 0.3 is 0 Å². The second-order valence-electron chi connectivity index (χ2n) is 4.82. The van der Waals surface area contributed by atoms with Crippen LogP contribution in [0.4, 0.5) is 0 Å². The van der Waals surface area contributed by atoms with Crippen LogP contribution < -0.4 is 4.74 Å². The SMILES string of the molecule is COc1ccc2c(c1)CCC1=C2CCC(=O)C1. The maximum absolute atomic E-state index is 11.5. The van der Waals surface area contributed by atoms with Gasteiger partial charge in [0.15, 0.2) is 0 Å². The summed E-state index contributed by atoms with van der Waals surface area (Å²) in [7, 11) is 1.70. The van der Waals surface area contributed by atoms with Gasteiger partial charge in [-0.25, -0.2) is 0 Å². The summed E-state index contributed by atoms with van der Waals surface area (Å²) < 4.78 is 5.26. The second-order valence-corrected chi connectivity index (χ2v) is 4.82. The smallest absolute Gasteiger partial charge is 0.137 e. The molecule has 0 N–H and O–H groups in total. The Morgan fingerprint density at radius 2 is 2.00 bits per heavy atom. The van der Waals surface area contributed by atoms with Crippen molar-refractivity contribution in [3.8, 4) is 5.75 Å². The van der Waals surface area contributed by atoms with Crippen molar-refractivity contribution < 1.29 is 9.53 Å². The molecule has 0 saturated carbocycles. The highest BCUT2D eigenvalue weighted by atomic mass is 16.5. The highest BCUT2D eigenvalue weighted by Gasteiger charge is 2.24. The number of carbonyl (C=O) groups is 1. The van der Waals surface area contributed by atoms with Crippen molar-refractivity contribution >= 4 is 11.4 Å². The van der Waals surface area contributed by atoms with Gasteiger partial charge in [-0.1, -0.05) is 11.6 Å². The summed E-state index contributed by atoms with van der Waals surface area (Å²) in [5.74, 6) is 1.33. The number of aryl methyl sites for hydroxylation is 1. The van der Waals surface area contributed by atoms with Crippen LogP contribution in [0.25, 0.3) is 5.57 Å². The fourth-order valence-corrected chi connectivity index (χ4v) is 2.92. The van der Waals surface area contributed by atoms with Crippen molar-refractivity contribution in [1.82, 2.24) is 0 Å². The summed E-state index contributed by atoms with van der Waals surface area (Å²) in [6, 6.07) is 6.30. The molecular formula is C15H16O2. The number of ketones is 1. The van der Waals surface area contributed by atoms with Crippen molar-refractivity contribution in [1.29, 1.82) is 0 Å². The average Bonchev–Trinajstić information content (AvgIpc) is 2.37. The monoisotopic (exact) mass is 228 g/mol. The highest BCUT2D eigenvalue weighted by Crippen LogP contribution is 2.39. The molecule has 0 heterocycles. The lowest BCUT2D eigenvalue weighted by Crippen LogP contribution is -2.14. The van der Waals surface area contributed by atoms with E-state index in [0.717, 1.165) is 25.0 Å². The lowest BCUT2D eigenvalue weighted by atomic mass is 9.78. The topological polar surface area (TPSA) is 26.3 Å². The summed E-state index contributed by atoms with van der Waals surface area (Å²) in [6.07, 6.45) is 4.40. The third kappa shape index (κ3) is 1.78. The molecule has 88 valence electrons. The zero-order valence-corrected chi connectivity index (χ0v) is 10.1. The fraction of sp³-hybridized carbons (Fsp3) is 0.400. The van der Waals surface area contributed by atoms with Crippen LogP contribution in [0, 0.1) is 0 Å². The van der Waals surface area contributed by atoms with Crippen LogP contribution in [0.5, 0.6) is 5.75 Å². The van der Waals surface area contributed by atoms with Crippen LogP contribution in [0.2, 0.25) is 0 Å². The first-order chi connectivity index (χ1) is 8.28. The molecule has 17 heavy (non-hydrogen) atoms. The molecule has 0 aromatic heterocycles. The summed E-state index contributed by atoms with van der Waals surface area (Å²) in [5.41, 5.74) is 5.52. The van der Waals surface area contributed by atoms with Gasteiger partial charge in [0.25, 0.3) is 0 Å². The largest absolute Gasteiger partial charge is 0.497 e. The average molecular weight is 228 g/mol. The minimum Gasteiger partial charge on any atom is -0.497 e. The van der Waals surface area contributed by atoms with Gasteiger partial charge in [0.2, 0.25) is 0 Å². The Bertz CT molecular complexity index is 512. The van der Waals surface area contributed by atoms with Crippen LogP contribution in [0.1, 0.15) is 36.8 Å². The van der Waals surface area contributed by atoms with Gasteiger partial charge in [0, 0.05) is 12.8 Å². The molecule has 2 aliphatic carbocycles. The second kappa shape index (κ2) is 4.02. The molecule has 0 fully saturated rings. The van der Waals surface area contributed by atoms with Gasteiger partial charge in [-0.15, -0.1) is 0 Å². The molecule has 2 aliphatic rings. The molecule has 0 radical (unpaired) electrons. The van der Waals surface area contributed by atoms with E-state index in [-0.39, 0.29) is 0 Å². The number of Topliss-reactive ketones (excluding diaryl/α,β-unsaturated/α-hetero) is 1. The Labute approximate surface area is 101 Å². The number of benzene rings is 1. The van der Waals surface area contributed by atoms with E-state index in [9.17, 15) is 4.79 Å². The van der Waals surface area contributed by atoms with Crippen molar-refractivity contribution in [2.45, 2.75) is 32.1 Å². The maximum Gasteiger partial charge on any atom is 0.137 e. The van der Waals surface area contributed by atoms with Crippen molar-refractivity contribution in [2.24, 2.45) is 0 Å². The molecule has 2 heteroatoms. The summed E-state index contributed by atoms with van der Waals surface area (Å²) in [4.78, 5) is 11.5. The zero-order valence-electron chi connectivity index (χ0n) is 10.1. The van der Waals surface area contributed by atoms with Gasteiger partial charge in [0.1, 0.15) is 11.5 Å². The summed E-state index contributed by atoms with van der Waals surface area (Å²) in [6.45, 7) is 0. The first kappa shape index (κ1) is 10.6. The normalized spacial score (nSPS) is 18.8. The van der Waals surface area contributed by atoms with Crippen LogP contribution in [0.3, 0.4) is 0 Å². The molecule has 0 spiro atoms. The molecule has 0 saturated heterocycles. The van der Waals surface area contributed by atoms with Crippen LogP contribution >= 0.6 is 0 Å². The third-order valence-electron chi connectivity index (χ3n) is 3.82. The molecule has 0 unspecified atom stereocenters. The lowest BCUT2D eigenvalue weighted by molar-refractivity contribution is -0.118. The predicted molar refractivity (Wildman–Crippen MR) is 67.1 cm³/mol. The van der Waals surface area contributed by atoms with Crippen LogP contribution in [0.15, 0.2) is 23.8 Å². The number of methoxy groups -OCH3 is 1. The number of allylic oxidation sites excluding steroid dienone is 2. The van der Waals surface area contributed by atoms with E-state index in [4.69, 9.17) is 4.74 Å². The Morgan fingerprint density at radius 1 is 1.12 bits per heavy atom. The molecular weight excluding hydrogens is 212 g/mol. The van der Waals surface area contributed by atoms with Crippen molar-refractivity contribution in [2.75, 3.05) is 7.11 Å². The van der Waals surface area contributed by atoms with E-state index in [2.05, 4.69) is 12.1 Å². The lowest BCUT2D eigenvalue weighted by Gasteiger charge is -2.27. The number of carbonyl (C=O) groups excluding carboxylic acids is 1. The van der Waals surface area contributed by atoms with Crippen LogP contribution in [-0.4, -0.2) is 12.9 Å². The van der Waals surface area contributed by atoms with Crippen LogP contribution in [-0.2, 0) is 11.2 Å². The number of fused-ring (bicyclic) bond motifs is 2. The molecule has 0 bridgehead atoms. The Morgan fingerprint density at radius 3 is 2.82 bits per heavy atom. The quantitative estimate of drug-likeness (QED) is 0.738. The molecule has 1 aromatic rings. The maximum atomic E-state index is 11.5. The molecule has 0 amide bonds. The standard InChI is InChI=1S/C15H16O2/c1-17-13-5-7-15-11(9-13)3-2-10-8-12(16)4-6-14(10)15/h5,7,9H,2-4,6,8H2,1H3. The number of rotatable bonds is 1. The van der Waals surface area contributed by atoms with Gasteiger partial charge in [0.05, 0.1) is 7.11 Å². The van der Waals surface area contributed by atoms with Crippen molar-refractivity contribution in [3.05, 3.63) is 34.9 Å². The van der Waals surface area contributed by atoms with E-state index in [0.29, 0.717) is 18.6 Å².